The number of fused-ring (bicyclic) bond motifs is 1. The third-order valence-corrected chi connectivity index (χ3v) is 8.67. The van der Waals surface area contributed by atoms with Gasteiger partial charge in [-0.3, -0.25) is 4.98 Å². The van der Waals surface area contributed by atoms with Crippen LogP contribution in [-0.2, 0) is 19.5 Å². The first kappa shape index (κ1) is 24.8. The average molecular weight is 514 g/mol. The Balaban J connectivity index is 1.35. The maximum absolute atomic E-state index is 12.6. The second-order valence-electron chi connectivity index (χ2n) is 9.14. The van der Waals surface area contributed by atoms with Gasteiger partial charge in [0.1, 0.15) is 12.7 Å². The van der Waals surface area contributed by atoms with E-state index in [1.54, 1.807) is 26.2 Å². The number of ether oxygens (including phenoxy) is 3. The lowest BCUT2D eigenvalue weighted by atomic mass is 10.1. The molecule has 0 amide bonds. The second kappa shape index (κ2) is 10.6. The number of hydrogen-bond acceptors (Lipinski definition) is 9. The van der Waals surface area contributed by atoms with E-state index < -0.39 is 21.4 Å². The summed E-state index contributed by atoms with van der Waals surface area (Å²) in [6.45, 7) is 7.66. The summed E-state index contributed by atoms with van der Waals surface area (Å²) < 4.78 is 44.0. The fourth-order valence-corrected chi connectivity index (χ4v) is 5.65. The van der Waals surface area contributed by atoms with E-state index in [2.05, 4.69) is 27.0 Å². The lowest BCUT2D eigenvalue weighted by Gasteiger charge is -2.33. The summed E-state index contributed by atoms with van der Waals surface area (Å²) >= 11 is 0. The van der Waals surface area contributed by atoms with E-state index in [4.69, 9.17) is 19.2 Å². The first-order valence-corrected chi connectivity index (χ1v) is 13.7. The van der Waals surface area contributed by atoms with Crippen molar-refractivity contribution >= 4 is 26.7 Å². The number of benzene rings is 1. The number of anilines is 1. The Morgan fingerprint density at radius 2 is 1.81 bits per heavy atom. The topological polar surface area (TPSA) is 107 Å². The highest BCUT2D eigenvalue weighted by atomic mass is 32.2. The van der Waals surface area contributed by atoms with Gasteiger partial charge in [0.05, 0.1) is 36.3 Å². The minimum atomic E-state index is -3.36. The SMILES string of the molecule is CC(C)S(=O)(=O)N1CCOC(COc2nc(-c3ccc(N4CCOCC4)cc3)cc3nccnc23)C1. The minimum Gasteiger partial charge on any atom is -0.473 e. The van der Waals surface area contributed by atoms with Crippen LogP contribution in [0.15, 0.2) is 42.7 Å². The third kappa shape index (κ3) is 5.29. The van der Waals surface area contributed by atoms with Crippen LogP contribution in [0.4, 0.5) is 5.69 Å². The van der Waals surface area contributed by atoms with Gasteiger partial charge in [-0.15, -0.1) is 0 Å². The molecule has 10 nitrogen and oxygen atoms in total. The van der Waals surface area contributed by atoms with E-state index >= 15 is 0 Å². The molecule has 0 saturated carbocycles. The maximum Gasteiger partial charge on any atom is 0.242 e. The van der Waals surface area contributed by atoms with Crippen LogP contribution in [0.1, 0.15) is 13.8 Å². The standard InChI is InChI=1S/C25H31N5O5S/c1-18(2)36(31,32)30-11-14-34-21(16-30)17-35-25-24-23(26-7-8-27-24)15-22(28-25)19-3-5-20(6-4-19)29-9-12-33-13-10-29/h3-8,15,18,21H,9-14,16-17H2,1-2H3. The van der Waals surface area contributed by atoms with Crippen molar-refractivity contribution in [2.24, 2.45) is 0 Å². The molecule has 3 aromatic rings. The van der Waals surface area contributed by atoms with E-state index in [1.807, 2.05) is 18.2 Å². The summed E-state index contributed by atoms with van der Waals surface area (Å²) in [4.78, 5) is 15.9. The Hall–Kier alpha value is -2.86. The molecule has 192 valence electrons. The quantitative estimate of drug-likeness (QED) is 0.470. The zero-order valence-electron chi connectivity index (χ0n) is 20.5. The van der Waals surface area contributed by atoms with Crippen molar-refractivity contribution in [3.05, 3.63) is 42.7 Å². The summed E-state index contributed by atoms with van der Waals surface area (Å²) in [6, 6.07) is 10.1. The highest BCUT2D eigenvalue weighted by Gasteiger charge is 2.32. The molecule has 2 saturated heterocycles. The molecule has 2 aliphatic heterocycles. The van der Waals surface area contributed by atoms with Gasteiger partial charge in [-0.2, -0.15) is 4.31 Å². The van der Waals surface area contributed by atoms with Gasteiger partial charge >= 0.3 is 0 Å². The first-order valence-electron chi connectivity index (χ1n) is 12.2. The molecule has 5 rings (SSSR count). The highest BCUT2D eigenvalue weighted by molar-refractivity contribution is 7.89. The van der Waals surface area contributed by atoms with Crippen molar-refractivity contribution < 1.29 is 22.6 Å². The molecule has 2 fully saturated rings. The minimum absolute atomic E-state index is 0.155. The number of nitrogens with zero attached hydrogens (tertiary/aromatic N) is 5. The molecule has 2 aromatic heterocycles. The summed E-state index contributed by atoms with van der Waals surface area (Å²) in [7, 11) is -3.36. The lowest BCUT2D eigenvalue weighted by Crippen LogP contribution is -2.49. The van der Waals surface area contributed by atoms with Crippen LogP contribution in [0.3, 0.4) is 0 Å². The molecule has 0 aliphatic carbocycles. The van der Waals surface area contributed by atoms with Crippen LogP contribution >= 0.6 is 0 Å². The van der Waals surface area contributed by atoms with Gasteiger partial charge in [0, 0.05) is 49.8 Å². The highest BCUT2D eigenvalue weighted by Crippen LogP contribution is 2.29. The maximum atomic E-state index is 12.6. The van der Waals surface area contributed by atoms with Crippen molar-refractivity contribution in [3.63, 3.8) is 0 Å². The molecule has 0 N–H and O–H groups in total. The van der Waals surface area contributed by atoms with Crippen molar-refractivity contribution in [2.45, 2.75) is 25.2 Å². The molecule has 1 unspecified atom stereocenters. The number of pyridine rings is 1. The molecule has 4 heterocycles. The monoisotopic (exact) mass is 513 g/mol. The van der Waals surface area contributed by atoms with Crippen LogP contribution in [0.5, 0.6) is 5.88 Å². The third-order valence-electron chi connectivity index (χ3n) is 6.43. The molecular formula is C25H31N5O5S. The first-order chi connectivity index (χ1) is 17.4. The number of sulfonamides is 1. The summed E-state index contributed by atoms with van der Waals surface area (Å²) in [5, 5.41) is -0.482. The smallest absolute Gasteiger partial charge is 0.242 e. The van der Waals surface area contributed by atoms with Gasteiger partial charge in [-0.1, -0.05) is 12.1 Å². The second-order valence-corrected chi connectivity index (χ2v) is 11.6. The van der Waals surface area contributed by atoms with E-state index in [0.29, 0.717) is 30.1 Å². The van der Waals surface area contributed by atoms with E-state index in [1.165, 1.54) is 4.31 Å². The molecule has 2 aliphatic rings. The Morgan fingerprint density at radius 1 is 1.06 bits per heavy atom. The molecule has 36 heavy (non-hydrogen) atoms. The van der Waals surface area contributed by atoms with E-state index in [0.717, 1.165) is 43.2 Å². The molecule has 0 radical (unpaired) electrons. The molecule has 1 atom stereocenters. The Morgan fingerprint density at radius 3 is 2.56 bits per heavy atom. The number of hydrogen-bond donors (Lipinski definition) is 0. The zero-order chi connectivity index (χ0) is 25.1. The average Bonchev–Trinajstić information content (AvgIpc) is 2.92. The van der Waals surface area contributed by atoms with Gasteiger partial charge in [-0.25, -0.2) is 18.4 Å². The summed E-state index contributed by atoms with van der Waals surface area (Å²) in [6.07, 6.45) is 2.83. The van der Waals surface area contributed by atoms with Crippen LogP contribution in [0.2, 0.25) is 0 Å². The Kier molecular flexibility index (Phi) is 7.33. The van der Waals surface area contributed by atoms with Crippen LogP contribution in [-0.4, -0.2) is 91.6 Å². The van der Waals surface area contributed by atoms with Gasteiger partial charge in [0.25, 0.3) is 0 Å². The fraction of sp³-hybridized carbons (Fsp3) is 0.480. The van der Waals surface area contributed by atoms with Crippen LogP contribution in [0.25, 0.3) is 22.3 Å². The molecule has 1 aromatic carbocycles. The predicted octanol–water partition coefficient (Wildman–Crippen LogP) is 2.35. The molecular weight excluding hydrogens is 482 g/mol. The molecule has 0 bridgehead atoms. The van der Waals surface area contributed by atoms with E-state index in [9.17, 15) is 8.42 Å². The predicted molar refractivity (Wildman–Crippen MR) is 137 cm³/mol. The molecule has 11 heteroatoms. The van der Waals surface area contributed by atoms with Crippen molar-refractivity contribution in [1.82, 2.24) is 19.3 Å². The number of aromatic nitrogens is 3. The van der Waals surface area contributed by atoms with E-state index in [-0.39, 0.29) is 13.2 Å². The number of morpholine rings is 2. The Labute approximate surface area is 211 Å². The Bertz CT molecular complexity index is 1300. The van der Waals surface area contributed by atoms with Crippen molar-refractivity contribution in [1.29, 1.82) is 0 Å². The normalized spacial score (nSPS) is 19.6. The molecule has 0 spiro atoms. The number of rotatable bonds is 7. The van der Waals surface area contributed by atoms with Crippen LogP contribution in [0, 0.1) is 0 Å². The van der Waals surface area contributed by atoms with Gasteiger partial charge < -0.3 is 19.1 Å². The van der Waals surface area contributed by atoms with Crippen molar-refractivity contribution in [3.8, 4) is 17.1 Å². The van der Waals surface area contributed by atoms with Gasteiger partial charge in [-0.05, 0) is 32.0 Å². The fourth-order valence-electron chi connectivity index (χ4n) is 4.35. The van der Waals surface area contributed by atoms with Crippen molar-refractivity contribution in [2.75, 3.05) is 57.5 Å². The zero-order valence-corrected chi connectivity index (χ0v) is 21.4. The summed E-state index contributed by atoms with van der Waals surface area (Å²) in [5.74, 6) is 0.347. The van der Waals surface area contributed by atoms with Crippen LogP contribution < -0.4 is 9.64 Å². The van der Waals surface area contributed by atoms with Gasteiger partial charge in [0.15, 0.2) is 5.52 Å². The summed E-state index contributed by atoms with van der Waals surface area (Å²) in [5.41, 5.74) is 4.03. The largest absolute Gasteiger partial charge is 0.473 e. The van der Waals surface area contributed by atoms with Gasteiger partial charge in [0.2, 0.25) is 15.9 Å². The lowest BCUT2D eigenvalue weighted by molar-refractivity contribution is -0.0255.